The van der Waals surface area contributed by atoms with Crippen molar-refractivity contribution in [3.05, 3.63) is 18.5 Å². The summed E-state index contributed by atoms with van der Waals surface area (Å²) >= 11 is 0. The van der Waals surface area contributed by atoms with E-state index in [1.807, 2.05) is 25.7 Å². The topological polar surface area (TPSA) is 78.9 Å². The maximum absolute atomic E-state index is 12.8. The molecular weight excluding hydrogens is 346 g/mol. The molecule has 0 spiro atoms. The Morgan fingerprint density at radius 2 is 1.56 bits per heavy atom. The van der Waals surface area contributed by atoms with Crippen molar-refractivity contribution >= 4 is 17.9 Å². The quantitative estimate of drug-likeness (QED) is 0.784. The molecule has 0 N–H and O–H groups in total. The molecule has 0 saturated carbocycles. The van der Waals surface area contributed by atoms with Crippen molar-refractivity contribution in [1.29, 1.82) is 0 Å². The van der Waals surface area contributed by atoms with Gasteiger partial charge in [0.15, 0.2) is 0 Å². The smallest absolute Gasteiger partial charge is 0.410 e. The third-order valence-corrected chi connectivity index (χ3v) is 4.92. The van der Waals surface area contributed by atoms with Crippen LogP contribution in [0.15, 0.2) is 18.5 Å². The van der Waals surface area contributed by atoms with Gasteiger partial charge in [-0.25, -0.2) is 14.8 Å². The maximum atomic E-state index is 12.8. The number of carbonyl (C=O) groups excluding carboxylic acids is 2. The number of piperidine rings is 1. The Bertz CT molecular complexity index is 645. The first kappa shape index (κ1) is 19.4. The maximum Gasteiger partial charge on any atom is 0.410 e. The largest absolute Gasteiger partial charge is 0.444 e. The highest BCUT2D eigenvalue weighted by Gasteiger charge is 2.33. The van der Waals surface area contributed by atoms with Crippen LogP contribution in [0.25, 0.3) is 0 Å². The summed E-state index contributed by atoms with van der Waals surface area (Å²) < 4.78 is 5.42. The van der Waals surface area contributed by atoms with Crippen molar-refractivity contribution < 1.29 is 14.3 Å². The highest BCUT2D eigenvalue weighted by Crippen LogP contribution is 2.22. The van der Waals surface area contributed by atoms with Gasteiger partial charge in [-0.2, -0.15) is 0 Å². The van der Waals surface area contributed by atoms with Gasteiger partial charge in [-0.1, -0.05) is 0 Å². The van der Waals surface area contributed by atoms with Gasteiger partial charge in [0.1, 0.15) is 5.60 Å². The van der Waals surface area contributed by atoms with Crippen LogP contribution in [0, 0.1) is 5.92 Å². The molecule has 8 heteroatoms. The Hall–Kier alpha value is -2.38. The van der Waals surface area contributed by atoms with Crippen LogP contribution in [-0.2, 0) is 9.53 Å². The second-order valence-electron chi connectivity index (χ2n) is 8.10. The Kier molecular flexibility index (Phi) is 5.82. The lowest BCUT2D eigenvalue weighted by Gasteiger charge is -2.38. The fourth-order valence-corrected chi connectivity index (χ4v) is 3.48. The van der Waals surface area contributed by atoms with Gasteiger partial charge in [0, 0.05) is 57.6 Å². The number of hydrogen-bond donors (Lipinski definition) is 0. The van der Waals surface area contributed by atoms with Crippen molar-refractivity contribution in [1.82, 2.24) is 19.8 Å². The molecule has 3 heterocycles. The van der Waals surface area contributed by atoms with Gasteiger partial charge in [-0.15, -0.1) is 0 Å². The lowest BCUT2D eigenvalue weighted by Crippen LogP contribution is -2.52. The molecule has 2 amide bonds. The minimum Gasteiger partial charge on any atom is -0.444 e. The number of aromatic nitrogens is 2. The first-order valence-corrected chi connectivity index (χ1v) is 9.62. The van der Waals surface area contributed by atoms with Gasteiger partial charge in [0.25, 0.3) is 0 Å². The fraction of sp³-hybridized carbons (Fsp3) is 0.684. The normalized spacial score (nSPS) is 19.1. The molecule has 0 aromatic carbocycles. The van der Waals surface area contributed by atoms with Gasteiger partial charge in [0.05, 0.1) is 0 Å². The molecule has 2 aliphatic rings. The van der Waals surface area contributed by atoms with Gasteiger partial charge in [-0.3, -0.25) is 4.79 Å². The third-order valence-electron chi connectivity index (χ3n) is 4.92. The van der Waals surface area contributed by atoms with Crippen LogP contribution in [-0.4, -0.2) is 76.6 Å². The lowest BCUT2D eigenvalue weighted by atomic mass is 9.95. The van der Waals surface area contributed by atoms with Crippen molar-refractivity contribution in [2.75, 3.05) is 44.2 Å². The van der Waals surface area contributed by atoms with Gasteiger partial charge in [-0.05, 0) is 39.7 Å². The number of likely N-dealkylation sites (tertiary alicyclic amines) is 1. The number of rotatable bonds is 2. The van der Waals surface area contributed by atoms with E-state index in [2.05, 4.69) is 14.9 Å². The molecular formula is C19H29N5O3. The standard InChI is InChI=1S/C19H29N5O3/c1-19(2,3)27-18(26)24-9-5-15(6-10-24)16(25)22-11-13-23(14-12-22)17-20-7-4-8-21-17/h4,7-8,15H,5-6,9-14H2,1-3H3. The second kappa shape index (κ2) is 8.10. The van der Waals surface area contributed by atoms with Crippen LogP contribution >= 0.6 is 0 Å². The number of amides is 2. The van der Waals surface area contributed by atoms with Crippen LogP contribution in [0.1, 0.15) is 33.6 Å². The minimum atomic E-state index is -0.494. The van der Waals surface area contributed by atoms with Crippen LogP contribution in [0.5, 0.6) is 0 Å². The zero-order valence-electron chi connectivity index (χ0n) is 16.4. The number of anilines is 1. The van der Waals surface area contributed by atoms with E-state index < -0.39 is 5.60 Å². The summed E-state index contributed by atoms with van der Waals surface area (Å²) in [6.07, 6.45) is 4.57. The van der Waals surface area contributed by atoms with Crippen molar-refractivity contribution in [3.63, 3.8) is 0 Å². The lowest BCUT2D eigenvalue weighted by molar-refractivity contribution is -0.137. The van der Waals surface area contributed by atoms with E-state index in [0.29, 0.717) is 39.0 Å². The van der Waals surface area contributed by atoms with Crippen LogP contribution in [0.2, 0.25) is 0 Å². The number of piperazine rings is 1. The summed E-state index contributed by atoms with van der Waals surface area (Å²) in [6.45, 7) is 9.59. The van der Waals surface area contributed by atoms with E-state index >= 15 is 0 Å². The zero-order valence-corrected chi connectivity index (χ0v) is 16.4. The Balaban J connectivity index is 1.45. The number of nitrogens with zero attached hydrogens (tertiary/aromatic N) is 5. The third kappa shape index (κ3) is 5.08. The number of carbonyl (C=O) groups is 2. The summed E-state index contributed by atoms with van der Waals surface area (Å²) in [5.41, 5.74) is -0.494. The Morgan fingerprint density at radius 3 is 2.11 bits per heavy atom. The highest BCUT2D eigenvalue weighted by atomic mass is 16.6. The molecule has 1 aromatic rings. The van der Waals surface area contributed by atoms with E-state index in [-0.39, 0.29) is 17.9 Å². The predicted octanol–water partition coefficient (Wildman–Crippen LogP) is 1.77. The monoisotopic (exact) mass is 375 g/mol. The molecule has 0 unspecified atom stereocenters. The predicted molar refractivity (Wildman–Crippen MR) is 101 cm³/mol. The molecule has 148 valence electrons. The van der Waals surface area contributed by atoms with Crippen molar-refractivity contribution in [2.24, 2.45) is 5.92 Å². The molecule has 0 radical (unpaired) electrons. The van der Waals surface area contributed by atoms with E-state index in [1.54, 1.807) is 23.4 Å². The molecule has 27 heavy (non-hydrogen) atoms. The van der Waals surface area contributed by atoms with Gasteiger partial charge >= 0.3 is 6.09 Å². The van der Waals surface area contributed by atoms with Crippen LogP contribution < -0.4 is 4.90 Å². The van der Waals surface area contributed by atoms with Crippen molar-refractivity contribution in [3.8, 4) is 0 Å². The molecule has 2 aliphatic heterocycles. The van der Waals surface area contributed by atoms with E-state index in [4.69, 9.17) is 4.74 Å². The molecule has 2 fully saturated rings. The zero-order chi connectivity index (χ0) is 19.4. The summed E-state index contributed by atoms with van der Waals surface area (Å²) in [5, 5.41) is 0. The van der Waals surface area contributed by atoms with E-state index in [9.17, 15) is 9.59 Å². The highest BCUT2D eigenvalue weighted by molar-refractivity contribution is 5.79. The van der Waals surface area contributed by atoms with E-state index in [1.165, 1.54) is 0 Å². The molecule has 2 saturated heterocycles. The molecule has 3 rings (SSSR count). The second-order valence-corrected chi connectivity index (χ2v) is 8.10. The average Bonchev–Trinajstić information content (AvgIpc) is 2.67. The van der Waals surface area contributed by atoms with Crippen molar-refractivity contribution in [2.45, 2.75) is 39.2 Å². The SMILES string of the molecule is CC(C)(C)OC(=O)N1CCC(C(=O)N2CCN(c3ncccn3)CC2)CC1. The van der Waals surface area contributed by atoms with Gasteiger partial charge in [0.2, 0.25) is 11.9 Å². The summed E-state index contributed by atoms with van der Waals surface area (Å²) in [5.74, 6) is 0.908. The minimum absolute atomic E-state index is 0.0109. The molecule has 8 nitrogen and oxygen atoms in total. The van der Waals surface area contributed by atoms with Crippen LogP contribution in [0.3, 0.4) is 0 Å². The molecule has 1 aromatic heterocycles. The molecule has 0 bridgehead atoms. The first-order chi connectivity index (χ1) is 12.8. The molecule has 0 atom stereocenters. The van der Waals surface area contributed by atoms with E-state index in [0.717, 1.165) is 19.0 Å². The number of ether oxygens (including phenoxy) is 1. The number of hydrogen-bond acceptors (Lipinski definition) is 6. The summed E-state index contributed by atoms with van der Waals surface area (Å²) in [7, 11) is 0. The summed E-state index contributed by atoms with van der Waals surface area (Å²) in [6, 6.07) is 1.80. The summed E-state index contributed by atoms with van der Waals surface area (Å²) in [4.78, 5) is 39.3. The Morgan fingerprint density at radius 1 is 0.963 bits per heavy atom. The fourth-order valence-electron chi connectivity index (χ4n) is 3.48. The first-order valence-electron chi connectivity index (χ1n) is 9.62. The Labute approximate surface area is 160 Å². The van der Waals surface area contributed by atoms with Gasteiger partial charge < -0.3 is 19.4 Å². The average molecular weight is 375 g/mol. The molecule has 0 aliphatic carbocycles. The van der Waals surface area contributed by atoms with Crippen LogP contribution in [0.4, 0.5) is 10.7 Å².